The van der Waals surface area contributed by atoms with Crippen LogP contribution in [0.2, 0.25) is 5.02 Å². The number of nitrogens with zero attached hydrogens (tertiary/aromatic N) is 1. The van der Waals surface area contributed by atoms with Crippen LogP contribution in [0, 0.1) is 0 Å². The van der Waals surface area contributed by atoms with Gasteiger partial charge in [0.15, 0.2) is 6.10 Å². The number of aryl methyl sites for hydroxylation is 1. The van der Waals surface area contributed by atoms with Crippen molar-refractivity contribution in [2.45, 2.75) is 26.4 Å². The van der Waals surface area contributed by atoms with Gasteiger partial charge in [-0.15, -0.1) is 0 Å². The van der Waals surface area contributed by atoms with E-state index in [4.69, 9.17) is 16.3 Å². The van der Waals surface area contributed by atoms with Gasteiger partial charge in [-0.05, 0) is 49.2 Å². The Morgan fingerprint density at radius 2 is 1.95 bits per heavy atom. The molecule has 0 amide bonds. The zero-order chi connectivity index (χ0) is 14.8. The minimum Gasteiger partial charge on any atom is -0.483 e. The zero-order valence-electron chi connectivity index (χ0n) is 12.1. The Morgan fingerprint density at radius 3 is 2.67 bits per heavy atom. The number of hydrogen-bond acceptors (Lipinski definition) is 2. The summed E-state index contributed by atoms with van der Waals surface area (Å²) in [7, 11) is 0. The van der Waals surface area contributed by atoms with Crippen LogP contribution in [0.4, 0.5) is 0 Å². The number of halogens is 1. The van der Waals surface area contributed by atoms with Crippen molar-refractivity contribution in [2.24, 2.45) is 0 Å². The fraction of sp³-hybridized carbons (Fsp3) is 0.235. The van der Waals surface area contributed by atoms with E-state index in [1.165, 1.54) is 5.56 Å². The highest BCUT2D eigenvalue weighted by atomic mass is 35.5. The molecule has 0 saturated heterocycles. The molecule has 2 aromatic carbocycles. The highest BCUT2D eigenvalue weighted by Gasteiger charge is 2.12. The maximum Gasteiger partial charge on any atom is 0.153 e. The molecule has 1 unspecified atom stereocenters. The molecule has 3 nitrogen and oxygen atoms in total. The van der Waals surface area contributed by atoms with Gasteiger partial charge in [-0.2, -0.15) is 0 Å². The van der Waals surface area contributed by atoms with E-state index >= 15 is 0 Å². The Morgan fingerprint density at radius 1 is 1.19 bits per heavy atom. The Bertz CT molecular complexity index is 749. The molecule has 0 aliphatic rings. The van der Waals surface area contributed by atoms with E-state index in [9.17, 15) is 0 Å². The van der Waals surface area contributed by atoms with Crippen LogP contribution < -0.4 is 4.74 Å². The molecule has 0 saturated carbocycles. The summed E-state index contributed by atoms with van der Waals surface area (Å²) in [4.78, 5) is 7.80. The molecule has 3 rings (SSSR count). The van der Waals surface area contributed by atoms with Gasteiger partial charge in [-0.3, -0.25) is 0 Å². The predicted octanol–water partition coefficient (Wildman–Crippen LogP) is 4.92. The second kappa shape index (κ2) is 5.78. The van der Waals surface area contributed by atoms with Crippen LogP contribution in [0.3, 0.4) is 0 Å². The Balaban J connectivity index is 1.80. The summed E-state index contributed by atoms with van der Waals surface area (Å²) in [5.74, 6) is 1.64. The molecule has 0 spiro atoms. The molecule has 108 valence electrons. The minimum absolute atomic E-state index is 0.149. The highest BCUT2D eigenvalue weighted by Crippen LogP contribution is 2.24. The number of ether oxygens (including phenoxy) is 1. The predicted molar refractivity (Wildman–Crippen MR) is 86.0 cm³/mol. The van der Waals surface area contributed by atoms with E-state index in [0.717, 1.165) is 29.0 Å². The third kappa shape index (κ3) is 3.03. The van der Waals surface area contributed by atoms with E-state index in [0.29, 0.717) is 5.02 Å². The quantitative estimate of drug-likeness (QED) is 0.742. The maximum atomic E-state index is 5.99. The lowest BCUT2D eigenvalue weighted by Crippen LogP contribution is -2.05. The molecule has 0 aliphatic carbocycles. The standard InChI is InChI=1S/C17H17ClN2O/c1-3-12-4-7-14(8-5-12)21-11(2)17-19-15-9-6-13(18)10-16(15)20-17/h4-11H,3H2,1-2H3,(H,19,20). The monoisotopic (exact) mass is 300 g/mol. The highest BCUT2D eigenvalue weighted by molar-refractivity contribution is 6.31. The summed E-state index contributed by atoms with van der Waals surface area (Å²) in [6.07, 6.45) is 0.879. The smallest absolute Gasteiger partial charge is 0.153 e. The maximum absolute atomic E-state index is 5.99. The minimum atomic E-state index is -0.149. The molecular weight excluding hydrogens is 284 g/mol. The van der Waals surface area contributed by atoms with Gasteiger partial charge in [0.05, 0.1) is 11.0 Å². The van der Waals surface area contributed by atoms with Gasteiger partial charge in [-0.25, -0.2) is 4.98 Å². The van der Waals surface area contributed by atoms with Gasteiger partial charge in [0.1, 0.15) is 11.6 Å². The van der Waals surface area contributed by atoms with Crippen molar-refractivity contribution in [3.8, 4) is 5.75 Å². The van der Waals surface area contributed by atoms with E-state index in [-0.39, 0.29) is 6.10 Å². The molecule has 0 radical (unpaired) electrons. The lowest BCUT2D eigenvalue weighted by Gasteiger charge is -2.12. The third-order valence-corrected chi connectivity index (χ3v) is 3.73. The van der Waals surface area contributed by atoms with E-state index in [1.54, 1.807) is 0 Å². The molecule has 4 heteroatoms. The first-order chi connectivity index (χ1) is 10.2. The number of rotatable bonds is 4. The largest absolute Gasteiger partial charge is 0.483 e. The average Bonchev–Trinajstić information content (AvgIpc) is 2.91. The van der Waals surface area contributed by atoms with Gasteiger partial charge in [0, 0.05) is 5.02 Å². The van der Waals surface area contributed by atoms with Gasteiger partial charge < -0.3 is 9.72 Å². The number of aromatic amines is 1. The van der Waals surface area contributed by atoms with Crippen LogP contribution >= 0.6 is 11.6 Å². The molecular formula is C17H17ClN2O. The fourth-order valence-electron chi connectivity index (χ4n) is 2.26. The van der Waals surface area contributed by atoms with Crippen LogP contribution in [0.1, 0.15) is 31.3 Å². The molecule has 1 N–H and O–H groups in total. The Labute approximate surface area is 128 Å². The second-order valence-corrected chi connectivity index (χ2v) is 5.48. The topological polar surface area (TPSA) is 37.9 Å². The number of H-pyrrole nitrogens is 1. The van der Waals surface area contributed by atoms with Crippen molar-refractivity contribution in [3.05, 3.63) is 58.9 Å². The zero-order valence-corrected chi connectivity index (χ0v) is 12.8. The summed E-state index contributed by atoms with van der Waals surface area (Å²) >= 11 is 5.99. The van der Waals surface area contributed by atoms with Crippen molar-refractivity contribution in [1.29, 1.82) is 0 Å². The molecule has 3 aromatic rings. The Kier molecular flexibility index (Phi) is 3.84. The number of imidazole rings is 1. The lowest BCUT2D eigenvalue weighted by molar-refractivity contribution is 0.218. The first-order valence-corrected chi connectivity index (χ1v) is 7.44. The van der Waals surface area contributed by atoms with E-state index in [2.05, 4.69) is 29.0 Å². The average molecular weight is 301 g/mol. The normalized spacial score (nSPS) is 12.5. The van der Waals surface area contributed by atoms with Crippen molar-refractivity contribution in [3.63, 3.8) is 0 Å². The number of aromatic nitrogens is 2. The van der Waals surface area contributed by atoms with Crippen LogP contribution in [-0.2, 0) is 6.42 Å². The summed E-state index contributed by atoms with van der Waals surface area (Å²) < 4.78 is 5.93. The van der Waals surface area contributed by atoms with Gasteiger partial charge in [-0.1, -0.05) is 30.7 Å². The summed E-state index contributed by atoms with van der Waals surface area (Å²) in [6.45, 7) is 4.12. The number of fused-ring (bicyclic) bond motifs is 1. The fourth-order valence-corrected chi connectivity index (χ4v) is 2.43. The van der Waals surface area contributed by atoms with E-state index in [1.807, 2.05) is 37.3 Å². The SMILES string of the molecule is CCc1ccc(OC(C)c2nc3ccc(Cl)cc3[nH]2)cc1. The summed E-state index contributed by atoms with van der Waals surface area (Å²) in [5.41, 5.74) is 3.12. The molecule has 0 aliphatic heterocycles. The number of nitrogens with one attached hydrogen (secondary N) is 1. The molecule has 21 heavy (non-hydrogen) atoms. The summed E-state index contributed by atoms with van der Waals surface area (Å²) in [5, 5.41) is 0.696. The Hall–Kier alpha value is -2.00. The van der Waals surface area contributed by atoms with Gasteiger partial charge in [0.25, 0.3) is 0 Å². The van der Waals surface area contributed by atoms with Crippen molar-refractivity contribution in [2.75, 3.05) is 0 Å². The van der Waals surface area contributed by atoms with Crippen LogP contribution in [0.5, 0.6) is 5.75 Å². The molecule has 0 fully saturated rings. The van der Waals surface area contributed by atoms with Crippen LogP contribution in [0.15, 0.2) is 42.5 Å². The first kappa shape index (κ1) is 14.0. The lowest BCUT2D eigenvalue weighted by atomic mass is 10.2. The first-order valence-electron chi connectivity index (χ1n) is 7.06. The van der Waals surface area contributed by atoms with Crippen molar-refractivity contribution < 1.29 is 4.74 Å². The number of benzene rings is 2. The number of hydrogen-bond donors (Lipinski definition) is 1. The van der Waals surface area contributed by atoms with E-state index < -0.39 is 0 Å². The molecule has 1 atom stereocenters. The third-order valence-electron chi connectivity index (χ3n) is 3.49. The van der Waals surface area contributed by atoms with Crippen LogP contribution in [-0.4, -0.2) is 9.97 Å². The molecule has 1 heterocycles. The molecule has 1 aromatic heterocycles. The van der Waals surface area contributed by atoms with Gasteiger partial charge in [0.2, 0.25) is 0 Å². The van der Waals surface area contributed by atoms with Crippen molar-refractivity contribution in [1.82, 2.24) is 9.97 Å². The van der Waals surface area contributed by atoms with Gasteiger partial charge >= 0.3 is 0 Å². The van der Waals surface area contributed by atoms with Crippen molar-refractivity contribution >= 4 is 22.6 Å². The molecule has 0 bridgehead atoms. The van der Waals surface area contributed by atoms with Crippen LogP contribution in [0.25, 0.3) is 11.0 Å². The summed E-state index contributed by atoms with van der Waals surface area (Å²) in [6, 6.07) is 13.8. The second-order valence-electron chi connectivity index (χ2n) is 5.04.